The summed E-state index contributed by atoms with van der Waals surface area (Å²) in [5, 5.41) is 9.64. The van der Waals surface area contributed by atoms with Crippen molar-refractivity contribution in [2.45, 2.75) is 72.1 Å². The fourth-order valence-corrected chi connectivity index (χ4v) is 3.80. The number of carboxylic acid groups (broad SMARTS) is 1. The third-order valence-corrected chi connectivity index (χ3v) is 4.92. The topological polar surface area (TPSA) is 76.1 Å². The summed E-state index contributed by atoms with van der Waals surface area (Å²) in [6.07, 6.45) is -0.281. The molecule has 1 aliphatic rings. The zero-order valence-corrected chi connectivity index (χ0v) is 18.5. The Morgan fingerprint density at radius 1 is 1.21 bits per heavy atom. The molecule has 2 rings (SSSR count). The fourth-order valence-electron chi connectivity index (χ4n) is 3.60. The minimum Gasteiger partial charge on any atom is -0.487 e. The normalized spacial score (nSPS) is 20.3. The molecule has 0 saturated carbocycles. The Bertz CT molecular complexity index is 785. The molecule has 0 radical (unpaired) electrons. The Morgan fingerprint density at radius 3 is 2.34 bits per heavy atom. The van der Waals surface area contributed by atoms with E-state index in [4.69, 9.17) is 21.1 Å². The molecule has 1 N–H and O–H groups in total. The van der Waals surface area contributed by atoms with E-state index in [0.717, 1.165) is 6.07 Å². The molecule has 162 valence electrons. The van der Waals surface area contributed by atoms with Gasteiger partial charge in [-0.05, 0) is 45.1 Å². The molecule has 29 heavy (non-hydrogen) atoms. The van der Waals surface area contributed by atoms with Crippen LogP contribution in [0.1, 0.15) is 64.7 Å². The molecular formula is C21H29ClFNO5. The van der Waals surface area contributed by atoms with E-state index in [1.807, 2.05) is 20.8 Å². The van der Waals surface area contributed by atoms with Gasteiger partial charge in [-0.3, -0.25) is 0 Å². The zero-order valence-electron chi connectivity index (χ0n) is 17.7. The highest BCUT2D eigenvalue weighted by molar-refractivity contribution is 6.32. The van der Waals surface area contributed by atoms with E-state index >= 15 is 0 Å². The van der Waals surface area contributed by atoms with E-state index < -0.39 is 41.0 Å². The average Bonchev–Trinajstić information content (AvgIpc) is 2.54. The molecule has 2 unspecified atom stereocenters. The third-order valence-electron chi connectivity index (χ3n) is 4.63. The number of esters is 1. The highest BCUT2D eigenvalue weighted by Gasteiger charge is 2.43. The van der Waals surface area contributed by atoms with Gasteiger partial charge in [0.1, 0.15) is 23.3 Å². The van der Waals surface area contributed by atoms with Crippen molar-refractivity contribution < 1.29 is 28.6 Å². The molecule has 1 saturated heterocycles. The molecule has 0 spiro atoms. The van der Waals surface area contributed by atoms with E-state index in [-0.39, 0.29) is 16.3 Å². The maximum absolute atomic E-state index is 14.6. The maximum atomic E-state index is 14.6. The molecule has 6 nitrogen and oxygen atoms in total. The standard InChI is InChI=1S/C21H29ClFNO5/c1-20(2,3)17-15(8-7-9-24(17)19(26)27)28-16-11-14(23)12(10-13(16)22)18(25)29-21(4,5)6/h10-11,15,17H,7-9H2,1-6H3,(H,26,27). The number of amides is 1. The lowest BCUT2D eigenvalue weighted by Crippen LogP contribution is -2.58. The average molecular weight is 430 g/mol. The number of nitrogens with zero attached hydrogens (tertiary/aromatic N) is 1. The number of hydrogen-bond donors (Lipinski definition) is 1. The summed E-state index contributed by atoms with van der Waals surface area (Å²) in [6, 6.07) is 1.81. The second kappa shape index (κ2) is 8.38. The SMILES string of the molecule is CC(C)(C)OC(=O)c1cc(Cl)c(OC2CCCN(C(=O)O)C2C(C)(C)C)cc1F. The summed E-state index contributed by atoms with van der Waals surface area (Å²) in [6.45, 7) is 11.3. The minimum atomic E-state index is -1.02. The number of carbonyl (C=O) groups is 2. The number of piperidine rings is 1. The lowest BCUT2D eigenvalue weighted by atomic mass is 9.79. The summed E-state index contributed by atoms with van der Waals surface area (Å²) in [5.74, 6) is -1.55. The van der Waals surface area contributed by atoms with Gasteiger partial charge in [0.15, 0.2) is 0 Å². The highest BCUT2D eigenvalue weighted by Crippen LogP contribution is 2.37. The van der Waals surface area contributed by atoms with Crippen LogP contribution >= 0.6 is 11.6 Å². The van der Waals surface area contributed by atoms with E-state index in [1.165, 1.54) is 11.0 Å². The lowest BCUT2D eigenvalue weighted by Gasteiger charge is -2.46. The van der Waals surface area contributed by atoms with Gasteiger partial charge in [0.25, 0.3) is 0 Å². The summed E-state index contributed by atoms with van der Waals surface area (Å²) >= 11 is 6.27. The van der Waals surface area contributed by atoms with Gasteiger partial charge >= 0.3 is 12.1 Å². The number of hydrogen-bond acceptors (Lipinski definition) is 4. The van der Waals surface area contributed by atoms with Gasteiger partial charge < -0.3 is 19.5 Å². The Balaban J connectivity index is 2.32. The van der Waals surface area contributed by atoms with Crippen LogP contribution in [0.3, 0.4) is 0 Å². The molecule has 1 heterocycles. The molecule has 0 bridgehead atoms. The largest absolute Gasteiger partial charge is 0.487 e. The molecule has 1 fully saturated rings. The quantitative estimate of drug-likeness (QED) is 0.653. The van der Waals surface area contributed by atoms with Crippen LogP contribution in [0.5, 0.6) is 5.75 Å². The van der Waals surface area contributed by atoms with Crippen LogP contribution in [0.4, 0.5) is 9.18 Å². The number of carbonyl (C=O) groups excluding carboxylic acids is 1. The molecule has 1 aromatic rings. The van der Waals surface area contributed by atoms with Crippen molar-refractivity contribution in [1.29, 1.82) is 0 Å². The molecule has 0 aliphatic carbocycles. The van der Waals surface area contributed by atoms with Gasteiger partial charge in [0.05, 0.1) is 16.6 Å². The van der Waals surface area contributed by atoms with Gasteiger partial charge in [-0.15, -0.1) is 0 Å². The van der Waals surface area contributed by atoms with Gasteiger partial charge in [-0.1, -0.05) is 32.4 Å². The van der Waals surface area contributed by atoms with Crippen molar-refractivity contribution in [3.8, 4) is 5.75 Å². The molecule has 1 amide bonds. The van der Waals surface area contributed by atoms with Gasteiger partial charge in [0, 0.05) is 12.6 Å². The van der Waals surface area contributed by atoms with Crippen molar-refractivity contribution in [1.82, 2.24) is 4.90 Å². The first-order valence-electron chi connectivity index (χ1n) is 9.59. The summed E-state index contributed by atoms with van der Waals surface area (Å²) in [7, 11) is 0. The second-order valence-corrected chi connectivity index (χ2v) is 9.76. The van der Waals surface area contributed by atoms with Crippen LogP contribution in [0.2, 0.25) is 5.02 Å². The Labute approximate surface area is 175 Å². The number of halogens is 2. The molecule has 8 heteroatoms. The van der Waals surface area contributed by atoms with Gasteiger partial charge in [-0.25, -0.2) is 14.0 Å². The van der Waals surface area contributed by atoms with Crippen molar-refractivity contribution in [3.05, 3.63) is 28.5 Å². The van der Waals surface area contributed by atoms with Crippen LogP contribution < -0.4 is 4.74 Å². The lowest BCUT2D eigenvalue weighted by molar-refractivity contribution is -0.0185. The zero-order chi connectivity index (χ0) is 22.1. The van der Waals surface area contributed by atoms with Crippen LogP contribution in [0.15, 0.2) is 12.1 Å². The molecule has 1 aromatic carbocycles. The second-order valence-electron chi connectivity index (χ2n) is 9.35. The monoisotopic (exact) mass is 429 g/mol. The first kappa shape index (κ1) is 23.3. The van der Waals surface area contributed by atoms with Crippen molar-refractivity contribution >= 4 is 23.7 Å². The fraction of sp³-hybridized carbons (Fsp3) is 0.619. The summed E-state index contributed by atoms with van der Waals surface area (Å²) < 4.78 is 25.8. The number of ether oxygens (including phenoxy) is 2. The Kier molecular flexibility index (Phi) is 6.72. The van der Waals surface area contributed by atoms with Crippen molar-refractivity contribution in [3.63, 3.8) is 0 Å². The predicted octanol–water partition coefficient (Wildman–Crippen LogP) is 5.37. The number of rotatable bonds is 3. The summed E-state index contributed by atoms with van der Waals surface area (Å²) in [4.78, 5) is 25.3. The van der Waals surface area contributed by atoms with E-state index in [1.54, 1.807) is 20.8 Å². The number of benzene rings is 1. The van der Waals surface area contributed by atoms with E-state index in [2.05, 4.69) is 0 Å². The number of likely N-dealkylation sites (tertiary alicyclic amines) is 1. The summed E-state index contributed by atoms with van der Waals surface area (Å²) in [5.41, 5.74) is -1.45. The molecule has 0 aromatic heterocycles. The van der Waals surface area contributed by atoms with Crippen LogP contribution in [0, 0.1) is 11.2 Å². The van der Waals surface area contributed by atoms with Crippen LogP contribution in [-0.2, 0) is 4.74 Å². The molecule has 1 aliphatic heterocycles. The molecular weight excluding hydrogens is 401 g/mol. The predicted molar refractivity (Wildman–Crippen MR) is 108 cm³/mol. The van der Waals surface area contributed by atoms with Crippen LogP contribution in [0.25, 0.3) is 0 Å². The van der Waals surface area contributed by atoms with Crippen LogP contribution in [-0.4, -0.2) is 46.4 Å². The Morgan fingerprint density at radius 2 is 1.83 bits per heavy atom. The van der Waals surface area contributed by atoms with Crippen molar-refractivity contribution in [2.75, 3.05) is 6.54 Å². The first-order chi connectivity index (χ1) is 13.2. The van der Waals surface area contributed by atoms with E-state index in [9.17, 15) is 19.1 Å². The third kappa shape index (κ3) is 5.75. The Hall–Kier alpha value is -2.02. The highest BCUT2D eigenvalue weighted by atomic mass is 35.5. The minimum absolute atomic E-state index is 0.0624. The first-order valence-corrected chi connectivity index (χ1v) is 9.97. The van der Waals surface area contributed by atoms with Crippen molar-refractivity contribution in [2.24, 2.45) is 5.41 Å². The smallest absolute Gasteiger partial charge is 0.407 e. The van der Waals surface area contributed by atoms with Gasteiger partial charge in [0.2, 0.25) is 0 Å². The molecule has 2 atom stereocenters. The van der Waals surface area contributed by atoms with E-state index in [0.29, 0.717) is 19.4 Å². The van der Waals surface area contributed by atoms with Gasteiger partial charge in [-0.2, -0.15) is 0 Å². The maximum Gasteiger partial charge on any atom is 0.407 e.